The number of benzene rings is 2. The zero-order valence-electron chi connectivity index (χ0n) is 14.8. The van der Waals surface area contributed by atoms with E-state index in [0.29, 0.717) is 17.7 Å². The van der Waals surface area contributed by atoms with Gasteiger partial charge in [0.2, 0.25) is 10.0 Å². The predicted octanol–water partition coefficient (Wildman–Crippen LogP) is 4.02. The zero-order valence-corrected chi connectivity index (χ0v) is 15.6. The normalized spacial score (nSPS) is 19.2. The van der Waals surface area contributed by atoms with Gasteiger partial charge in [-0.25, -0.2) is 17.5 Å². The van der Waals surface area contributed by atoms with Crippen LogP contribution in [0.4, 0.5) is 4.39 Å². The standard InChI is InChI=1S/C19H22FNO3S/c1-12-5-7-15-17(11-19(3,4)24-18(15)9-12)21-25(22,23)14-6-8-16(20)13(2)10-14/h5-10,17,21H,11H2,1-4H3/t17-/m1/s1. The quantitative estimate of drug-likeness (QED) is 0.896. The van der Waals surface area contributed by atoms with Crippen LogP contribution in [0.5, 0.6) is 5.75 Å². The Bertz CT molecular complexity index is 922. The molecule has 25 heavy (non-hydrogen) atoms. The Kier molecular flexibility index (Phi) is 4.37. The van der Waals surface area contributed by atoms with E-state index in [1.165, 1.54) is 18.2 Å². The van der Waals surface area contributed by atoms with Crippen molar-refractivity contribution in [2.24, 2.45) is 0 Å². The molecule has 6 heteroatoms. The second-order valence-electron chi connectivity index (χ2n) is 7.19. The van der Waals surface area contributed by atoms with E-state index in [9.17, 15) is 12.8 Å². The van der Waals surface area contributed by atoms with Crippen molar-refractivity contribution >= 4 is 10.0 Å². The summed E-state index contributed by atoms with van der Waals surface area (Å²) in [6.07, 6.45) is 0.502. The first-order valence-corrected chi connectivity index (χ1v) is 9.64. The van der Waals surface area contributed by atoms with Crippen molar-refractivity contribution in [3.05, 3.63) is 58.9 Å². The Hall–Kier alpha value is -1.92. The van der Waals surface area contributed by atoms with Crippen LogP contribution in [-0.4, -0.2) is 14.0 Å². The van der Waals surface area contributed by atoms with Gasteiger partial charge in [-0.3, -0.25) is 0 Å². The van der Waals surface area contributed by atoms with Gasteiger partial charge in [0.15, 0.2) is 0 Å². The lowest BCUT2D eigenvalue weighted by atomic mass is 9.90. The molecule has 0 saturated heterocycles. The average molecular weight is 363 g/mol. The van der Waals surface area contributed by atoms with E-state index in [4.69, 9.17) is 4.74 Å². The molecule has 134 valence electrons. The monoisotopic (exact) mass is 363 g/mol. The molecule has 0 bridgehead atoms. The van der Waals surface area contributed by atoms with E-state index in [0.717, 1.165) is 11.1 Å². The van der Waals surface area contributed by atoms with Gasteiger partial charge in [0.05, 0.1) is 10.9 Å². The van der Waals surface area contributed by atoms with Crippen molar-refractivity contribution in [2.75, 3.05) is 0 Å². The second-order valence-corrected chi connectivity index (χ2v) is 8.91. The van der Waals surface area contributed by atoms with Crippen LogP contribution >= 0.6 is 0 Å². The smallest absolute Gasteiger partial charge is 0.241 e. The van der Waals surface area contributed by atoms with Crippen molar-refractivity contribution < 1.29 is 17.5 Å². The van der Waals surface area contributed by atoms with E-state index in [1.54, 1.807) is 6.92 Å². The van der Waals surface area contributed by atoms with E-state index in [-0.39, 0.29) is 4.90 Å². The molecular weight excluding hydrogens is 341 g/mol. The van der Waals surface area contributed by atoms with Crippen molar-refractivity contribution in [3.63, 3.8) is 0 Å². The minimum Gasteiger partial charge on any atom is -0.487 e. The highest BCUT2D eigenvalue weighted by Gasteiger charge is 2.36. The molecule has 0 aliphatic carbocycles. The molecular formula is C19H22FNO3S. The minimum absolute atomic E-state index is 0.0596. The Morgan fingerprint density at radius 2 is 1.88 bits per heavy atom. The molecule has 2 aromatic rings. The van der Waals surface area contributed by atoms with Crippen LogP contribution < -0.4 is 9.46 Å². The topological polar surface area (TPSA) is 55.4 Å². The summed E-state index contributed by atoms with van der Waals surface area (Å²) in [7, 11) is -3.77. The fraction of sp³-hybridized carbons (Fsp3) is 0.368. The summed E-state index contributed by atoms with van der Waals surface area (Å²) < 4.78 is 47.8. The van der Waals surface area contributed by atoms with Crippen LogP contribution in [0.1, 0.15) is 43.0 Å². The van der Waals surface area contributed by atoms with Crippen LogP contribution in [0.25, 0.3) is 0 Å². The third-order valence-electron chi connectivity index (χ3n) is 4.36. The SMILES string of the molecule is Cc1ccc2c(c1)OC(C)(C)C[C@H]2NS(=O)(=O)c1ccc(F)c(C)c1. The molecule has 0 radical (unpaired) electrons. The van der Waals surface area contributed by atoms with Gasteiger partial charge in [0.1, 0.15) is 17.2 Å². The van der Waals surface area contributed by atoms with E-state index in [1.807, 2.05) is 39.0 Å². The van der Waals surface area contributed by atoms with Crippen LogP contribution in [0.3, 0.4) is 0 Å². The van der Waals surface area contributed by atoms with E-state index >= 15 is 0 Å². The fourth-order valence-corrected chi connectivity index (χ4v) is 4.40. The molecule has 1 N–H and O–H groups in total. The first kappa shape index (κ1) is 17.9. The van der Waals surface area contributed by atoms with Crippen molar-refractivity contribution in [1.82, 2.24) is 4.72 Å². The largest absolute Gasteiger partial charge is 0.487 e. The average Bonchev–Trinajstić information content (AvgIpc) is 2.47. The lowest BCUT2D eigenvalue weighted by molar-refractivity contribution is 0.0701. The highest BCUT2D eigenvalue weighted by atomic mass is 32.2. The first-order valence-electron chi connectivity index (χ1n) is 8.15. The van der Waals surface area contributed by atoms with Gasteiger partial charge in [0.25, 0.3) is 0 Å². The zero-order chi connectivity index (χ0) is 18.4. The van der Waals surface area contributed by atoms with Gasteiger partial charge in [-0.15, -0.1) is 0 Å². The van der Waals surface area contributed by atoms with Gasteiger partial charge in [-0.1, -0.05) is 12.1 Å². The molecule has 0 amide bonds. The summed E-state index contributed by atoms with van der Waals surface area (Å²) >= 11 is 0. The second kappa shape index (κ2) is 6.11. The highest BCUT2D eigenvalue weighted by molar-refractivity contribution is 7.89. The number of ether oxygens (including phenoxy) is 1. The molecule has 0 aromatic heterocycles. The number of rotatable bonds is 3. The van der Waals surface area contributed by atoms with Crippen molar-refractivity contribution in [1.29, 1.82) is 0 Å². The predicted molar refractivity (Wildman–Crippen MR) is 94.7 cm³/mol. The summed E-state index contributed by atoms with van der Waals surface area (Å²) in [4.78, 5) is 0.0596. The number of hydrogen-bond donors (Lipinski definition) is 1. The minimum atomic E-state index is -3.77. The molecule has 4 nitrogen and oxygen atoms in total. The Morgan fingerprint density at radius 3 is 2.56 bits per heavy atom. The van der Waals surface area contributed by atoms with Gasteiger partial charge < -0.3 is 4.74 Å². The Morgan fingerprint density at radius 1 is 1.16 bits per heavy atom. The van der Waals surface area contributed by atoms with E-state index < -0.39 is 27.5 Å². The Labute approximate surface area is 148 Å². The number of nitrogens with one attached hydrogen (secondary N) is 1. The van der Waals surface area contributed by atoms with Gasteiger partial charge in [-0.05, 0) is 63.1 Å². The molecule has 0 spiro atoms. The van der Waals surface area contributed by atoms with Gasteiger partial charge >= 0.3 is 0 Å². The maximum Gasteiger partial charge on any atom is 0.241 e. The van der Waals surface area contributed by atoms with Crippen LogP contribution in [0.15, 0.2) is 41.3 Å². The lowest BCUT2D eigenvalue weighted by Crippen LogP contribution is -2.41. The number of hydrogen-bond acceptors (Lipinski definition) is 3. The maximum absolute atomic E-state index is 13.5. The Balaban J connectivity index is 1.98. The van der Waals surface area contributed by atoms with Gasteiger partial charge in [-0.2, -0.15) is 0 Å². The summed E-state index contributed by atoms with van der Waals surface area (Å²) in [6, 6.07) is 9.14. The summed E-state index contributed by atoms with van der Waals surface area (Å²) in [5, 5.41) is 0. The van der Waals surface area contributed by atoms with Crippen molar-refractivity contribution in [2.45, 2.75) is 50.7 Å². The molecule has 3 rings (SSSR count). The lowest BCUT2D eigenvalue weighted by Gasteiger charge is -2.38. The van der Waals surface area contributed by atoms with Crippen LogP contribution in [0, 0.1) is 19.7 Å². The maximum atomic E-state index is 13.5. The number of aryl methyl sites for hydroxylation is 2. The molecule has 1 atom stereocenters. The molecule has 2 aromatic carbocycles. The molecule has 1 heterocycles. The molecule has 1 aliphatic rings. The van der Waals surface area contributed by atoms with Crippen molar-refractivity contribution in [3.8, 4) is 5.75 Å². The molecule has 0 saturated carbocycles. The summed E-state index contributed by atoms with van der Waals surface area (Å²) in [5.74, 6) is 0.270. The fourth-order valence-electron chi connectivity index (χ4n) is 3.10. The first-order chi connectivity index (χ1) is 11.6. The van der Waals surface area contributed by atoms with Crippen LogP contribution in [-0.2, 0) is 10.0 Å². The third-order valence-corrected chi connectivity index (χ3v) is 5.83. The summed E-state index contributed by atoms with van der Waals surface area (Å²) in [6.45, 7) is 7.37. The molecule has 0 unspecified atom stereocenters. The van der Waals surface area contributed by atoms with Gasteiger partial charge in [0, 0.05) is 12.0 Å². The summed E-state index contributed by atoms with van der Waals surface area (Å²) in [5.41, 5.74) is 1.66. The number of halogens is 1. The van der Waals surface area contributed by atoms with Crippen LogP contribution in [0.2, 0.25) is 0 Å². The third kappa shape index (κ3) is 3.70. The van der Waals surface area contributed by atoms with E-state index in [2.05, 4.69) is 4.72 Å². The highest BCUT2D eigenvalue weighted by Crippen LogP contribution is 2.40. The number of sulfonamides is 1. The molecule has 0 fully saturated rings. The molecule has 1 aliphatic heterocycles. The number of fused-ring (bicyclic) bond motifs is 1.